The molecule has 1 saturated carbocycles. The molecule has 0 saturated heterocycles. The van der Waals surface area contributed by atoms with Crippen LogP contribution in [0.15, 0.2) is 22.7 Å². The maximum absolute atomic E-state index is 7.39. The molecular weight excluding hydrogens is 378 g/mol. The van der Waals surface area contributed by atoms with E-state index in [1.807, 2.05) is 20.9 Å². The number of fused-ring (bicyclic) bond motifs is 1. The minimum absolute atomic E-state index is 0.201. The third-order valence-corrected chi connectivity index (χ3v) is 6.25. The molecule has 162 valence electrons. The zero-order chi connectivity index (χ0) is 23.8. The van der Waals surface area contributed by atoms with Crippen molar-refractivity contribution in [1.29, 1.82) is 0 Å². The summed E-state index contributed by atoms with van der Waals surface area (Å²) < 4.78 is 35.1. The van der Waals surface area contributed by atoms with Gasteiger partial charge in [0, 0.05) is 18.6 Å². The van der Waals surface area contributed by atoms with Crippen LogP contribution in [0.25, 0.3) is 22.2 Å². The summed E-state index contributed by atoms with van der Waals surface area (Å²) in [6, 6.07) is 6.26. The van der Waals surface area contributed by atoms with Gasteiger partial charge in [-0.25, -0.2) is 4.98 Å². The Labute approximate surface area is 182 Å². The van der Waals surface area contributed by atoms with Gasteiger partial charge in [0.15, 0.2) is 0 Å². The standard InChI is InChI=1S/C23H33N5O2/c1-14-22(15(2)30-27-14)16-5-10-21-20(13-16)26-23(19(24)11-12-25-3)28(21)17-6-8-18(29-4)9-7-17/h5,10,13,17-19,25H,6-9,11-12,24H2,1-4H3/t17-,18-,19-/m0/s1/i4D3. The molecule has 3 aromatic rings. The summed E-state index contributed by atoms with van der Waals surface area (Å²) in [5.41, 5.74) is 11.4. The van der Waals surface area contributed by atoms with Gasteiger partial charge in [-0.15, -0.1) is 0 Å². The molecule has 0 aliphatic heterocycles. The number of aromatic nitrogens is 3. The highest BCUT2D eigenvalue weighted by Crippen LogP contribution is 2.37. The smallest absolute Gasteiger partial charge is 0.141 e. The first-order valence-electron chi connectivity index (χ1n) is 12.2. The fourth-order valence-electron chi connectivity index (χ4n) is 4.66. The molecule has 0 spiro atoms. The molecule has 1 atom stereocenters. The summed E-state index contributed by atoms with van der Waals surface area (Å²) in [4.78, 5) is 4.99. The van der Waals surface area contributed by atoms with E-state index in [1.165, 1.54) is 0 Å². The first-order valence-corrected chi connectivity index (χ1v) is 10.7. The molecule has 1 fully saturated rings. The van der Waals surface area contributed by atoms with Crippen LogP contribution in [0.5, 0.6) is 0 Å². The van der Waals surface area contributed by atoms with Crippen molar-refractivity contribution in [2.75, 3.05) is 20.6 Å². The molecule has 2 aromatic heterocycles. The number of benzene rings is 1. The van der Waals surface area contributed by atoms with Crippen LogP contribution >= 0.6 is 0 Å². The summed E-state index contributed by atoms with van der Waals surface area (Å²) >= 11 is 0. The zero-order valence-electron chi connectivity index (χ0n) is 20.9. The molecule has 2 heterocycles. The van der Waals surface area contributed by atoms with Crippen LogP contribution in [-0.4, -0.2) is 41.4 Å². The molecule has 0 amide bonds. The highest BCUT2D eigenvalue weighted by molar-refractivity contribution is 5.83. The van der Waals surface area contributed by atoms with E-state index in [4.69, 9.17) is 24.1 Å². The van der Waals surface area contributed by atoms with E-state index < -0.39 is 7.04 Å². The zero-order valence-corrected chi connectivity index (χ0v) is 17.9. The second-order valence-corrected chi connectivity index (χ2v) is 8.29. The maximum Gasteiger partial charge on any atom is 0.141 e. The minimum Gasteiger partial charge on any atom is -0.381 e. The molecule has 0 unspecified atom stereocenters. The Hall–Kier alpha value is -2.22. The van der Waals surface area contributed by atoms with Crippen molar-refractivity contribution in [2.45, 2.75) is 64.1 Å². The second-order valence-electron chi connectivity index (χ2n) is 8.29. The fourth-order valence-corrected chi connectivity index (χ4v) is 4.66. The molecule has 1 aliphatic rings. The molecule has 30 heavy (non-hydrogen) atoms. The van der Waals surface area contributed by atoms with E-state index in [0.717, 1.165) is 65.2 Å². The van der Waals surface area contributed by atoms with Gasteiger partial charge in [0.05, 0.1) is 33.0 Å². The Morgan fingerprint density at radius 2 is 2.13 bits per heavy atom. The lowest BCUT2D eigenvalue weighted by atomic mass is 9.92. The van der Waals surface area contributed by atoms with Gasteiger partial charge in [0.25, 0.3) is 0 Å². The third-order valence-electron chi connectivity index (χ3n) is 6.25. The van der Waals surface area contributed by atoms with E-state index in [9.17, 15) is 0 Å². The van der Waals surface area contributed by atoms with Crippen molar-refractivity contribution >= 4 is 11.0 Å². The second kappa shape index (κ2) is 8.88. The molecule has 0 bridgehead atoms. The Kier molecular flexibility index (Phi) is 5.17. The van der Waals surface area contributed by atoms with Crippen molar-refractivity contribution < 1.29 is 13.4 Å². The summed E-state index contributed by atoms with van der Waals surface area (Å²) in [5.74, 6) is 1.65. The van der Waals surface area contributed by atoms with Gasteiger partial charge >= 0.3 is 0 Å². The van der Waals surface area contributed by atoms with Crippen molar-refractivity contribution in [3.63, 3.8) is 0 Å². The molecule has 1 aromatic carbocycles. The number of nitrogens with two attached hydrogens (primary N) is 1. The molecular formula is C23H33N5O2. The number of imidazole rings is 1. The van der Waals surface area contributed by atoms with E-state index in [2.05, 4.69) is 33.2 Å². The van der Waals surface area contributed by atoms with Crippen molar-refractivity contribution in [1.82, 2.24) is 20.0 Å². The highest BCUT2D eigenvalue weighted by atomic mass is 16.5. The molecule has 7 heteroatoms. The van der Waals surface area contributed by atoms with Crippen molar-refractivity contribution in [2.24, 2.45) is 5.73 Å². The van der Waals surface area contributed by atoms with Crippen LogP contribution in [0, 0.1) is 13.8 Å². The first kappa shape index (κ1) is 17.5. The Bertz CT molecular complexity index is 1080. The largest absolute Gasteiger partial charge is 0.381 e. The highest BCUT2D eigenvalue weighted by Gasteiger charge is 2.28. The fraction of sp³-hybridized carbons (Fsp3) is 0.565. The van der Waals surface area contributed by atoms with Crippen LogP contribution in [0.4, 0.5) is 0 Å². The Morgan fingerprint density at radius 3 is 2.80 bits per heavy atom. The summed E-state index contributed by atoms with van der Waals surface area (Å²) in [7, 11) is -0.438. The van der Waals surface area contributed by atoms with Crippen LogP contribution < -0.4 is 11.1 Å². The number of hydrogen-bond acceptors (Lipinski definition) is 6. The molecule has 1 aliphatic carbocycles. The maximum atomic E-state index is 7.39. The predicted molar refractivity (Wildman–Crippen MR) is 118 cm³/mol. The Balaban J connectivity index is 1.69. The van der Waals surface area contributed by atoms with E-state index in [0.29, 0.717) is 12.8 Å². The summed E-state index contributed by atoms with van der Waals surface area (Å²) in [6.45, 7) is 4.65. The number of rotatable bonds is 7. The van der Waals surface area contributed by atoms with Crippen LogP contribution in [0.1, 0.15) is 65.6 Å². The number of nitrogens with zero attached hydrogens (tertiary/aromatic N) is 3. The monoisotopic (exact) mass is 414 g/mol. The number of methoxy groups -OCH3 is 1. The lowest BCUT2D eigenvalue weighted by molar-refractivity contribution is 0.0584. The quantitative estimate of drug-likeness (QED) is 0.606. The topological polar surface area (TPSA) is 91.1 Å². The average Bonchev–Trinajstić information content (AvgIpc) is 3.30. The minimum atomic E-state index is -2.35. The van der Waals surface area contributed by atoms with Gasteiger partial charge in [0.1, 0.15) is 11.6 Å². The number of hydrogen-bond donors (Lipinski definition) is 2. The number of nitrogens with one attached hydrogen (secondary N) is 1. The molecule has 4 rings (SSSR count). The van der Waals surface area contributed by atoms with Crippen LogP contribution in [0.2, 0.25) is 0 Å². The first-order chi connectivity index (χ1) is 15.7. The lowest BCUT2D eigenvalue weighted by Crippen LogP contribution is -2.27. The van der Waals surface area contributed by atoms with Gasteiger partial charge in [-0.3, -0.25) is 0 Å². The molecule has 3 N–H and O–H groups in total. The Morgan fingerprint density at radius 1 is 1.33 bits per heavy atom. The molecule has 0 radical (unpaired) electrons. The van der Waals surface area contributed by atoms with Gasteiger partial charge in [-0.1, -0.05) is 11.2 Å². The number of ether oxygens (including phenoxy) is 1. The van der Waals surface area contributed by atoms with E-state index in [-0.39, 0.29) is 18.2 Å². The van der Waals surface area contributed by atoms with E-state index >= 15 is 0 Å². The normalized spacial score (nSPS) is 22.6. The predicted octanol–water partition coefficient (Wildman–Crippen LogP) is 4.05. The van der Waals surface area contributed by atoms with Gasteiger partial charge in [-0.2, -0.15) is 0 Å². The van der Waals surface area contributed by atoms with Gasteiger partial charge in [-0.05, 0) is 77.2 Å². The van der Waals surface area contributed by atoms with Crippen LogP contribution in [0.3, 0.4) is 0 Å². The van der Waals surface area contributed by atoms with Gasteiger partial charge < -0.3 is 24.9 Å². The van der Waals surface area contributed by atoms with Crippen LogP contribution in [-0.2, 0) is 4.74 Å². The van der Waals surface area contributed by atoms with Gasteiger partial charge in [0.2, 0.25) is 0 Å². The SMILES string of the molecule is [2H]C([2H])([2H])O[C@H]1CC[C@H](n2c([C@@H](N)CCNC)nc3cc(-c4c(C)noc4C)ccc32)CC1. The van der Waals surface area contributed by atoms with Crippen molar-refractivity contribution in [3.8, 4) is 11.1 Å². The lowest BCUT2D eigenvalue weighted by Gasteiger charge is -2.31. The summed E-state index contributed by atoms with van der Waals surface area (Å²) in [6.07, 6.45) is 3.58. The van der Waals surface area contributed by atoms with Crippen molar-refractivity contribution in [3.05, 3.63) is 35.5 Å². The summed E-state index contributed by atoms with van der Waals surface area (Å²) in [5, 5.41) is 7.25. The third kappa shape index (κ3) is 3.89. The average molecular weight is 415 g/mol. The number of aryl methyl sites for hydroxylation is 2. The van der Waals surface area contributed by atoms with E-state index in [1.54, 1.807) is 0 Å². The molecule has 7 nitrogen and oxygen atoms in total.